The number of benzene rings is 1. The minimum Gasteiger partial charge on any atom is -0.371 e. The van der Waals surface area contributed by atoms with Gasteiger partial charge in [0.25, 0.3) is 0 Å². The Morgan fingerprint density at radius 2 is 1.89 bits per heavy atom. The van der Waals surface area contributed by atoms with Crippen molar-refractivity contribution in [3.05, 3.63) is 35.0 Å². The number of pyridine rings is 1. The highest BCUT2D eigenvalue weighted by Crippen LogP contribution is 2.31. The number of nitrogens with zero attached hydrogens (tertiary/aromatic N) is 2. The Bertz CT molecular complexity index is 574. The van der Waals surface area contributed by atoms with E-state index in [1.165, 1.54) is 30.3 Å². The molecule has 0 atom stereocenters. The average molecular weight is 261 g/mol. The van der Waals surface area contributed by atoms with Crippen LogP contribution in [0.2, 0.25) is 5.02 Å². The lowest BCUT2D eigenvalue weighted by Gasteiger charge is -2.29. The van der Waals surface area contributed by atoms with E-state index in [9.17, 15) is 0 Å². The highest BCUT2D eigenvalue weighted by molar-refractivity contribution is 6.32. The fourth-order valence-corrected chi connectivity index (χ4v) is 2.88. The summed E-state index contributed by atoms with van der Waals surface area (Å²) in [5.74, 6) is 0. The van der Waals surface area contributed by atoms with Crippen molar-refractivity contribution in [1.82, 2.24) is 4.98 Å². The molecular weight excluding hydrogens is 244 g/mol. The first-order chi connectivity index (χ1) is 8.77. The summed E-state index contributed by atoms with van der Waals surface area (Å²) in [6, 6.07) is 6.21. The van der Waals surface area contributed by atoms with Crippen LogP contribution in [0.3, 0.4) is 0 Å². The van der Waals surface area contributed by atoms with E-state index in [2.05, 4.69) is 22.0 Å². The Labute approximate surface area is 113 Å². The first kappa shape index (κ1) is 11.8. The number of anilines is 1. The van der Waals surface area contributed by atoms with Gasteiger partial charge in [0.05, 0.1) is 5.52 Å². The van der Waals surface area contributed by atoms with Gasteiger partial charge in [-0.2, -0.15) is 0 Å². The van der Waals surface area contributed by atoms with Crippen LogP contribution in [0.1, 0.15) is 24.8 Å². The number of fused-ring (bicyclic) bond motifs is 1. The van der Waals surface area contributed by atoms with Gasteiger partial charge in [-0.15, -0.1) is 0 Å². The molecule has 1 fully saturated rings. The fourth-order valence-electron chi connectivity index (χ4n) is 2.73. The monoisotopic (exact) mass is 260 g/mol. The Morgan fingerprint density at radius 1 is 1.11 bits per heavy atom. The maximum absolute atomic E-state index is 6.17. The summed E-state index contributed by atoms with van der Waals surface area (Å²) in [6.45, 7) is 4.35. The Hall–Kier alpha value is -1.28. The van der Waals surface area contributed by atoms with Gasteiger partial charge in [-0.1, -0.05) is 11.6 Å². The third kappa shape index (κ3) is 1.95. The van der Waals surface area contributed by atoms with Crippen molar-refractivity contribution in [2.45, 2.75) is 26.2 Å². The maximum atomic E-state index is 6.17. The van der Waals surface area contributed by atoms with Crippen molar-refractivity contribution >= 4 is 28.2 Å². The van der Waals surface area contributed by atoms with Crippen molar-refractivity contribution in [2.75, 3.05) is 18.0 Å². The van der Waals surface area contributed by atoms with E-state index in [0.29, 0.717) is 0 Å². The highest BCUT2D eigenvalue weighted by Gasteiger charge is 2.14. The number of rotatable bonds is 1. The Balaban J connectivity index is 2.14. The van der Waals surface area contributed by atoms with Gasteiger partial charge in [0.1, 0.15) is 0 Å². The zero-order valence-corrected chi connectivity index (χ0v) is 11.4. The van der Waals surface area contributed by atoms with Gasteiger partial charge in [-0.05, 0) is 49.9 Å². The SMILES string of the molecule is Cc1c(Cl)ccc2c(N3CCCCC3)ccnc12. The molecule has 0 aliphatic carbocycles. The van der Waals surface area contributed by atoms with E-state index in [1.54, 1.807) is 0 Å². The van der Waals surface area contributed by atoms with E-state index in [-0.39, 0.29) is 0 Å². The van der Waals surface area contributed by atoms with Crippen LogP contribution in [0.4, 0.5) is 5.69 Å². The van der Waals surface area contributed by atoms with Gasteiger partial charge in [0.2, 0.25) is 0 Å². The lowest BCUT2D eigenvalue weighted by atomic mass is 10.1. The predicted molar refractivity (Wildman–Crippen MR) is 77.6 cm³/mol. The van der Waals surface area contributed by atoms with Crippen LogP contribution in [-0.2, 0) is 0 Å². The summed E-state index contributed by atoms with van der Waals surface area (Å²) < 4.78 is 0. The molecule has 0 saturated carbocycles. The summed E-state index contributed by atoms with van der Waals surface area (Å²) in [5, 5.41) is 2.02. The minimum absolute atomic E-state index is 0.797. The van der Waals surface area contributed by atoms with Crippen molar-refractivity contribution in [3.8, 4) is 0 Å². The smallest absolute Gasteiger partial charge is 0.0766 e. The molecule has 0 unspecified atom stereocenters. The van der Waals surface area contributed by atoms with Gasteiger partial charge in [-0.3, -0.25) is 4.98 Å². The first-order valence-electron chi connectivity index (χ1n) is 6.56. The van der Waals surface area contributed by atoms with Crippen LogP contribution >= 0.6 is 11.6 Å². The molecule has 0 N–H and O–H groups in total. The standard InChI is InChI=1S/C15H17ClN2/c1-11-13(16)6-5-12-14(7-8-17-15(11)12)18-9-3-2-4-10-18/h5-8H,2-4,9-10H2,1H3. The molecule has 0 radical (unpaired) electrons. The molecule has 0 amide bonds. The summed E-state index contributed by atoms with van der Waals surface area (Å²) in [7, 11) is 0. The highest BCUT2D eigenvalue weighted by atomic mass is 35.5. The van der Waals surface area contributed by atoms with E-state index in [4.69, 9.17) is 11.6 Å². The largest absolute Gasteiger partial charge is 0.371 e. The van der Waals surface area contributed by atoms with Crippen molar-refractivity contribution in [2.24, 2.45) is 0 Å². The molecule has 0 spiro atoms. The number of halogens is 1. The van der Waals surface area contributed by atoms with E-state index in [1.807, 2.05) is 19.2 Å². The summed E-state index contributed by atoms with van der Waals surface area (Å²) >= 11 is 6.17. The minimum atomic E-state index is 0.797. The molecule has 1 aliphatic rings. The molecule has 3 rings (SSSR count). The molecule has 2 aromatic rings. The zero-order chi connectivity index (χ0) is 12.5. The van der Waals surface area contributed by atoms with Crippen LogP contribution in [0, 0.1) is 6.92 Å². The number of piperidine rings is 1. The molecule has 94 valence electrons. The topological polar surface area (TPSA) is 16.1 Å². The van der Waals surface area contributed by atoms with E-state index >= 15 is 0 Å². The summed E-state index contributed by atoms with van der Waals surface area (Å²) in [5.41, 5.74) is 3.41. The molecule has 1 aromatic heterocycles. The zero-order valence-electron chi connectivity index (χ0n) is 10.6. The second-order valence-electron chi connectivity index (χ2n) is 4.95. The molecule has 1 aliphatic heterocycles. The van der Waals surface area contributed by atoms with E-state index < -0.39 is 0 Å². The average Bonchev–Trinajstić information content (AvgIpc) is 2.43. The molecule has 2 heterocycles. The van der Waals surface area contributed by atoms with Gasteiger partial charge in [0.15, 0.2) is 0 Å². The fraction of sp³-hybridized carbons (Fsp3) is 0.400. The molecule has 2 nitrogen and oxygen atoms in total. The van der Waals surface area contributed by atoms with E-state index in [0.717, 1.165) is 29.2 Å². The second kappa shape index (κ2) is 4.77. The Kier molecular flexibility index (Phi) is 3.13. The van der Waals surface area contributed by atoms with Crippen LogP contribution in [-0.4, -0.2) is 18.1 Å². The number of hydrogen-bond acceptors (Lipinski definition) is 2. The van der Waals surface area contributed by atoms with Crippen LogP contribution < -0.4 is 4.90 Å². The molecule has 3 heteroatoms. The number of aromatic nitrogens is 1. The molecule has 1 saturated heterocycles. The molecular formula is C15H17ClN2. The quantitative estimate of drug-likeness (QED) is 0.764. The second-order valence-corrected chi connectivity index (χ2v) is 5.35. The van der Waals surface area contributed by atoms with Crippen molar-refractivity contribution in [3.63, 3.8) is 0 Å². The van der Waals surface area contributed by atoms with Crippen molar-refractivity contribution in [1.29, 1.82) is 0 Å². The lowest BCUT2D eigenvalue weighted by Crippen LogP contribution is -2.29. The van der Waals surface area contributed by atoms with Gasteiger partial charge >= 0.3 is 0 Å². The Morgan fingerprint density at radius 3 is 2.67 bits per heavy atom. The predicted octanol–water partition coefficient (Wildman–Crippen LogP) is 4.19. The number of aryl methyl sites for hydroxylation is 1. The van der Waals surface area contributed by atoms with Crippen molar-refractivity contribution < 1.29 is 0 Å². The molecule has 0 bridgehead atoms. The van der Waals surface area contributed by atoms with Gasteiger partial charge in [0, 0.05) is 35.4 Å². The van der Waals surface area contributed by atoms with Crippen LogP contribution in [0.15, 0.2) is 24.4 Å². The lowest BCUT2D eigenvalue weighted by molar-refractivity contribution is 0.579. The third-order valence-electron chi connectivity index (χ3n) is 3.77. The van der Waals surface area contributed by atoms with Crippen LogP contribution in [0.25, 0.3) is 10.9 Å². The molecule has 18 heavy (non-hydrogen) atoms. The van der Waals surface area contributed by atoms with Gasteiger partial charge in [-0.25, -0.2) is 0 Å². The molecule has 1 aromatic carbocycles. The summed E-state index contributed by atoms with van der Waals surface area (Å²) in [6.07, 6.45) is 5.83. The first-order valence-corrected chi connectivity index (χ1v) is 6.94. The summed E-state index contributed by atoms with van der Waals surface area (Å²) in [4.78, 5) is 6.96. The maximum Gasteiger partial charge on any atom is 0.0766 e. The van der Waals surface area contributed by atoms with Gasteiger partial charge < -0.3 is 4.90 Å². The number of hydrogen-bond donors (Lipinski definition) is 0. The normalized spacial score (nSPS) is 16.2. The third-order valence-corrected chi connectivity index (χ3v) is 4.18. The van der Waals surface area contributed by atoms with Crippen LogP contribution in [0.5, 0.6) is 0 Å².